The molecule has 0 aromatic heterocycles. The molecule has 196 valence electrons. The van der Waals surface area contributed by atoms with Crippen LogP contribution in [0.1, 0.15) is 142 Å². The number of carbonyl (C=O) groups excluding carboxylic acids is 1. The summed E-state index contributed by atoms with van der Waals surface area (Å²) in [7, 11) is 0. The highest BCUT2D eigenvalue weighted by Crippen LogP contribution is 2.40. The summed E-state index contributed by atoms with van der Waals surface area (Å²) in [6.45, 7) is 5.10. The topological polar surface area (TPSA) is 66.4 Å². The number of hydrogen-bond donors (Lipinski definition) is 2. The zero-order chi connectivity index (χ0) is 24.9. The van der Waals surface area contributed by atoms with E-state index in [0.29, 0.717) is 18.4 Å². The summed E-state index contributed by atoms with van der Waals surface area (Å²) in [5, 5.41) is 11.7. The standard InChI is InChI=1S/C30H53NO3/c1-3-5-7-9-11-13-15-22-30(23-16-14-12-10-8-6-4-2)24-20-27(21-25-30)26-31-28(32)18-17-19-29(33)34/h20-21,24H,3-19,22-23,25-26H2,1-2H3,(H,31,32)(H,33,34). The Morgan fingerprint density at radius 1 is 0.794 bits per heavy atom. The van der Waals surface area contributed by atoms with E-state index < -0.39 is 5.97 Å². The smallest absolute Gasteiger partial charge is 0.303 e. The lowest BCUT2D eigenvalue weighted by Gasteiger charge is -2.33. The predicted octanol–water partition coefficient (Wildman–Crippen LogP) is 8.51. The van der Waals surface area contributed by atoms with Crippen molar-refractivity contribution >= 4 is 11.9 Å². The number of rotatable bonds is 22. The van der Waals surface area contributed by atoms with Gasteiger partial charge in [-0.05, 0) is 36.7 Å². The Balaban J connectivity index is 2.44. The first-order valence-corrected chi connectivity index (χ1v) is 14.4. The molecule has 0 spiro atoms. The molecule has 1 amide bonds. The van der Waals surface area contributed by atoms with Gasteiger partial charge in [0.15, 0.2) is 0 Å². The highest BCUT2D eigenvalue weighted by molar-refractivity contribution is 5.77. The molecule has 2 N–H and O–H groups in total. The Morgan fingerprint density at radius 2 is 1.32 bits per heavy atom. The number of carbonyl (C=O) groups is 2. The zero-order valence-electron chi connectivity index (χ0n) is 22.3. The Bertz CT molecular complexity index is 590. The van der Waals surface area contributed by atoms with Gasteiger partial charge >= 0.3 is 5.97 Å². The Labute approximate surface area is 210 Å². The number of amides is 1. The Morgan fingerprint density at radius 3 is 1.79 bits per heavy atom. The van der Waals surface area contributed by atoms with Crippen molar-refractivity contribution in [1.82, 2.24) is 5.32 Å². The maximum absolute atomic E-state index is 12.0. The SMILES string of the molecule is CCCCCCCCCC1(CCCCCCCCC)C=CC(CNC(=O)CCCC(=O)O)=CC1. The second-order valence-corrected chi connectivity index (χ2v) is 10.4. The molecule has 0 aromatic carbocycles. The maximum atomic E-state index is 12.0. The van der Waals surface area contributed by atoms with Crippen LogP contribution in [0.15, 0.2) is 23.8 Å². The van der Waals surface area contributed by atoms with Crippen molar-refractivity contribution in [3.8, 4) is 0 Å². The Hall–Kier alpha value is -1.58. The molecule has 0 saturated carbocycles. The monoisotopic (exact) mass is 475 g/mol. The van der Waals surface area contributed by atoms with Crippen LogP contribution in [0.4, 0.5) is 0 Å². The van der Waals surface area contributed by atoms with Crippen molar-refractivity contribution in [3.63, 3.8) is 0 Å². The van der Waals surface area contributed by atoms with Gasteiger partial charge in [-0.25, -0.2) is 0 Å². The first-order valence-electron chi connectivity index (χ1n) is 14.4. The minimum atomic E-state index is -0.844. The summed E-state index contributed by atoms with van der Waals surface area (Å²) < 4.78 is 0. The molecule has 0 aromatic rings. The molecule has 0 aliphatic heterocycles. The van der Waals surface area contributed by atoms with Gasteiger partial charge in [0.2, 0.25) is 5.91 Å². The lowest BCUT2D eigenvalue weighted by atomic mass is 9.72. The quantitative estimate of drug-likeness (QED) is 0.154. The summed E-state index contributed by atoms with van der Waals surface area (Å²) in [5.41, 5.74) is 1.48. The molecule has 4 heteroatoms. The van der Waals surface area contributed by atoms with Crippen molar-refractivity contribution in [1.29, 1.82) is 0 Å². The summed E-state index contributed by atoms with van der Waals surface area (Å²) in [4.78, 5) is 22.6. The van der Waals surface area contributed by atoms with E-state index in [9.17, 15) is 9.59 Å². The number of carboxylic acid groups (broad SMARTS) is 1. The van der Waals surface area contributed by atoms with Crippen LogP contribution in [-0.4, -0.2) is 23.5 Å². The number of unbranched alkanes of at least 4 members (excludes halogenated alkanes) is 12. The van der Waals surface area contributed by atoms with Gasteiger partial charge in [-0.2, -0.15) is 0 Å². The molecular formula is C30H53NO3. The molecule has 0 bridgehead atoms. The van der Waals surface area contributed by atoms with Crippen molar-refractivity contribution in [3.05, 3.63) is 23.8 Å². The summed E-state index contributed by atoms with van der Waals surface area (Å²) in [6.07, 6.45) is 30.3. The third kappa shape index (κ3) is 15.3. The fourth-order valence-corrected chi connectivity index (χ4v) is 4.94. The lowest BCUT2D eigenvalue weighted by molar-refractivity contribution is -0.137. The van der Waals surface area contributed by atoms with Crippen LogP contribution >= 0.6 is 0 Å². The predicted molar refractivity (Wildman–Crippen MR) is 144 cm³/mol. The molecule has 0 radical (unpaired) electrons. The van der Waals surface area contributed by atoms with Gasteiger partial charge in [0.1, 0.15) is 0 Å². The number of allylic oxidation sites excluding steroid dienone is 2. The van der Waals surface area contributed by atoms with Crippen LogP contribution in [-0.2, 0) is 9.59 Å². The fourth-order valence-electron chi connectivity index (χ4n) is 4.94. The number of aliphatic carboxylic acids is 1. The van der Waals surface area contributed by atoms with Crippen LogP contribution in [0, 0.1) is 5.41 Å². The zero-order valence-corrected chi connectivity index (χ0v) is 22.3. The molecule has 1 aliphatic rings. The van der Waals surface area contributed by atoms with E-state index >= 15 is 0 Å². The number of nitrogens with one attached hydrogen (secondary N) is 1. The van der Waals surface area contributed by atoms with E-state index in [0.717, 1.165) is 6.42 Å². The molecule has 4 nitrogen and oxygen atoms in total. The molecule has 1 rings (SSSR count). The lowest BCUT2D eigenvalue weighted by Crippen LogP contribution is -2.27. The van der Waals surface area contributed by atoms with Crippen LogP contribution in [0.5, 0.6) is 0 Å². The van der Waals surface area contributed by atoms with Gasteiger partial charge in [0.05, 0.1) is 0 Å². The fraction of sp³-hybridized carbons (Fsp3) is 0.800. The van der Waals surface area contributed by atoms with Gasteiger partial charge in [0.25, 0.3) is 0 Å². The van der Waals surface area contributed by atoms with Crippen molar-refractivity contribution < 1.29 is 14.7 Å². The maximum Gasteiger partial charge on any atom is 0.303 e. The minimum Gasteiger partial charge on any atom is -0.481 e. The summed E-state index contributed by atoms with van der Waals surface area (Å²) >= 11 is 0. The average Bonchev–Trinajstić information content (AvgIpc) is 2.82. The van der Waals surface area contributed by atoms with Crippen molar-refractivity contribution in [2.75, 3.05) is 6.54 Å². The van der Waals surface area contributed by atoms with E-state index in [1.165, 1.54) is 108 Å². The van der Waals surface area contributed by atoms with E-state index in [1.54, 1.807) is 0 Å². The van der Waals surface area contributed by atoms with E-state index in [2.05, 4.69) is 37.4 Å². The Kier molecular flexibility index (Phi) is 17.6. The second-order valence-electron chi connectivity index (χ2n) is 10.4. The van der Waals surface area contributed by atoms with Gasteiger partial charge in [0, 0.05) is 19.4 Å². The van der Waals surface area contributed by atoms with Gasteiger partial charge in [-0.3, -0.25) is 9.59 Å². The van der Waals surface area contributed by atoms with E-state index in [-0.39, 0.29) is 18.7 Å². The van der Waals surface area contributed by atoms with E-state index in [4.69, 9.17) is 5.11 Å². The van der Waals surface area contributed by atoms with Gasteiger partial charge in [-0.1, -0.05) is 122 Å². The van der Waals surface area contributed by atoms with Gasteiger partial charge < -0.3 is 10.4 Å². The molecule has 0 fully saturated rings. The first kappa shape index (κ1) is 30.5. The highest BCUT2D eigenvalue weighted by atomic mass is 16.4. The van der Waals surface area contributed by atoms with Crippen molar-refractivity contribution in [2.45, 2.75) is 142 Å². The first-order chi connectivity index (χ1) is 16.5. The minimum absolute atomic E-state index is 0.0513. The summed E-state index contributed by atoms with van der Waals surface area (Å²) in [6, 6.07) is 0. The highest BCUT2D eigenvalue weighted by Gasteiger charge is 2.27. The molecule has 0 atom stereocenters. The molecule has 0 heterocycles. The number of carboxylic acids is 1. The van der Waals surface area contributed by atoms with Crippen molar-refractivity contribution in [2.24, 2.45) is 5.41 Å². The van der Waals surface area contributed by atoms with Gasteiger partial charge in [-0.15, -0.1) is 0 Å². The van der Waals surface area contributed by atoms with Crippen LogP contribution in [0.2, 0.25) is 0 Å². The third-order valence-electron chi connectivity index (χ3n) is 7.26. The molecular weight excluding hydrogens is 422 g/mol. The molecule has 1 aliphatic carbocycles. The van der Waals surface area contributed by atoms with Crippen LogP contribution in [0.25, 0.3) is 0 Å². The molecule has 34 heavy (non-hydrogen) atoms. The third-order valence-corrected chi connectivity index (χ3v) is 7.26. The van der Waals surface area contributed by atoms with E-state index in [1.807, 2.05) is 0 Å². The normalized spacial score (nSPS) is 14.7. The molecule has 0 saturated heterocycles. The average molecular weight is 476 g/mol. The van der Waals surface area contributed by atoms with Crippen LogP contribution < -0.4 is 5.32 Å². The number of hydrogen-bond acceptors (Lipinski definition) is 2. The molecule has 0 unspecified atom stereocenters. The van der Waals surface area contributed by atoms with Crippen LogP contribution in [0.3, 0.4) is 0 Å². The largest absolute Gasteiger partial charge is 0.481 e. The summed E-state index contributed by atoms with van der Waals surface area (Å²) in [5.74, 6) is -0.900. The second kappa shape index (κ2) is 19.7.